The molecule has 0 unspecified atom stereocenters. The van der Waals surface area contributed by atoms with E-state index in [0.717, 1.165) is 4.68 Å². The van der Waals surface area contributed by atoms with E-state index >= 15 is 0 Å². The SMILES string of the molecule is NCc1c(O)n(-c2ccccc2F)[nH]c1=O. The Bertz CT molecular complexity index is 574. The van der Waals surface area contributed by atoms with E-state index in [1.165, 1.54) is 18.2 Å². The third-order valence-electron chi connectivity index (χ3n) is 2.27. The summed E-state index contributed by atoms with van der Waals surface area (Å²) in [5.41, 5.74) is 4.87. The highest BCUT2D eigenvalue weighted by molar-refractivity contribution is 5.38. The maximum absolute atomic E-state index is 13.4. The van der Waals surface area contributed by atoms with Crippen molar-refractivity contribution in [3.63, 3.8) is 0 Å². The Morgan fingerprint density at radius 1 is 1.44 bits per heavy atom. The molecule has 6 heteroatoms. The van der Waals surface area contributed by atoms with Crippen LogP contribution in [-0.4, -0.2) is 14.9 Å². The van der Waals surface area contributed by atoms with Crippen LogP contribution in [0.2, 0.25) is 0 Å². The van der Waals surface area contributed by atoms with Crippen LogP contribution in [-0.2, 0) is 6.54 Å². The normalized spacial score (nSPS) is 10.6. The average molecular weight is 223 g/mol. The molecule has 0 saturated carbocycles. The highest BCUT2D eigenvalue weighted by Gasteiger charge is 2.15. The van der Waals surface area contributed by atoms with E-state index in [-0.39, 0.29) is 23.7 Å². The lowest BCUT2D eigenvalue weighted by molar-refractivity contribution is 0.425. The molecule has 0 fully saturated rings. The highest BCUT2D eigenvalue weighted by Crippen LogP contribution is 2.19. The van der Waals surface area contributed by atoms with Gasteiger partial charge in [0.1, 0.15) is 11.5 Å². The first-order valence-corrected chi connectivity index (χ1v) is 4.63. The van der Waals surface area contributed by atoms with Crippen molar-refractivity contribution in [3.8, 4) is 11.6 Å². The minimum atomic E-state index is -0.548. The fourth-order valence-electron chi connectivity index (χ4n) is 1.45. The van der Waals surface area contributed by atoms with Gasteiger partial charge in [0, 0.05) is 6.54 Å². The molecule has 0 radical (unpaired) electrons. The van der Waals surface area contributed by atoms with Crippen molar-refractivity contribution >= 4 is 0 Å². The Balaban J connectivity index is 2.66. The van der Waals surface area contributed by atoms with Gasteiger partial charge in [0.15, 0.2) is 0 Å². The largest absolute Gasteiger partial charge is 0.493 e. The van der Waals surface area contributed by atoms with Gasteiger partial charge in [-0.1, -0.05) is 12.1 Å². The van der Waals surface area contributed by atoms with Gasteiger partial charge in [0.2, 0.25) is 5.88 Å². The van der Waals surface area contributed by atoms with Gasteiger partial charge in [-0.3, -0.25) is 9.89 Å². The van der Waals surface area contributed by atoms with E-state index in [1.807, 2.05) is 0 Å². The van der Waals surface area contributed by atoms with Crippen molar-refractivity contribution in [2.75, 3.05) is 0 Å². The average Bonchev–Trinajstić information content (AvgIpc) is 2.55. The zero-order chi connectivity index (χ0) is 11.7. The first-order chi connectivity index (χ1) is 7.65. The van der Waals surface area contributed by atoms with Gasteiger partial charge in [0.25, 0.3) is 5.56 Å². The van der Waals surface area contributed by atoms with Crippen LogP contribution in [0.1, 0.15) is 5.56 Å². The predicted molar refractivity (Wildman–Crippen MR) is 55.9 cm³/mol. The van der Waals surface area contributed by atoms with E-state index in [0.29, 0.717) is 0 Å². The first kappa shape index (κ1) is 10.4. The predicted octanol–water partition coefficient (Wildman–Crippen LogP) is 0.469. The summed E-state index contributed by atoms with van der Waals surface area (Å²) in [6.45, 7) is -0.109. The van der Waals surface area contributed by atoms with Gasteiger partial charge < -0.3 is 10.8 Å². The number of benzene rings is 1. The van der Waals surface area contributed by atoms with Crippen LogP contribution in [0.15, 0.2) is 29.1 Å². The Morgan fingerprint density at radius 2 is 2.12 bits per heavy atom. The minimum absolute atomic E-state index is 0.0308. The van der Waals surface area contributed by atoms with Crippen molar-refractivity contribution in [1.29, 1.82) is 0 Å². The number of nitrogens with zero attached hydrogens (tertiary/aromatic N) is 1. The summed E-state index contributed by atoms with van der Waals surface area (Å²) in [6, 6.07) is 5.78. The molecule has 5 nitrogen and oxygen atoms in total. The molecule has 0 aliphatic heterocycles. The zero-order valence-electron chi connectivity index (χ0n) is 8.27. The Labute approximate surface area is 89.9 Å². The van der Waals surface area contributed by atoms with Crippen molar-refractivity contribution in [1.82, 2.24) is 9.78 Å². The van der Waals surface area contributed by atoms with Gasteiger partial charge in [-0.25, -0.2) is 9.07 Å². The number of nitrogens with one attached hydrogen (secondary N) is 1. The second kappa shape index (κ2) is 3.82. The molecule has 0 saturated heterocycles. The molecule has 0 spiro atoms. The molecule has 0 aliphatic rings. The summed E-state index contributed by atoms with van der Waals surface area (Å²) in [6.07, 6.45) is 0. The second-order valence-electron chi connectivity index (χ2n) is 3.23. The molecular formula is C10H10FN3O2. The number of rotatable bonds is 2. The van der Waals surface area contributed by atoms with E-state index < -0.39 is 11.4 Å². The molecule has 2 aromatic rings. The summed E-state index contributed by atoms with van der Waals surface area (Å²) < 4.78 is 14.4. The van der Waals surface area contributed by atoms with Crippen LogP contribution in [0.4, 0.5) is 4.39 Å². The van der Waals surface area contributed by atoms with Crippen LogP contribution < -0.4 is 11.3 Å². The number of H-pyrrole nitrogens is 1. The standard InChI is InChI=1S/C10H10FN3O2/c11-7-3-1-2-4-8(7)14-10(16)6(5-12)9(15)13-14/h1-4,16H,5,12H2,(H,13,15). The molecule has 0 aliphatic carbocycles. The van der Waals surface area contributed by atoms with Crippen LogP contribution in [0.25, 0.3) is 5.69 Å². The highest BCUT2D eigenvalue weighted by atomic mass is 19.1. The monoisotopic (exact) mass is 223 g/mol. The fourth-order valence-corrected chi connectivity index (χ4v) is 1.45. The number of hydrogen-bond acceptors (Lipinski definition) is 3. The molecule has 2 rings (SSSR count). The van der Waals surface area contributed by atoms with Crippen molar-refractivity contribution in [3.05, 3.63) is 46.0 Å². The number of para-hydroxylation sites is 1. The van der Waals surface area contributed by atoms with Gasteiger partial charge in [-0.05, 0) is 12.1 Å². The molecule has 1 aromatic carbocycles. The molecule has 16 heavy (non-hydrogen) atoms. The van der Waals surface area contributed by atoms with Gasteiger partial charge >= 0.3 is 0 Å². The van der Waals surface area contributed by atoms with Gasteiger partial charge in [0.05, 0.1) is 5.56 Å². The minimum Gasteiger partial charge on any atom is -0.493 e. The molecule has 0 amide bonds. The summed E-state index contributed by atoms with van der Waals surface area (Å²) in [4.78, 5) is 11.3. The van der Waals surface area contributed by atoms with E-state index in [4.69, 9.17) is 5.73 Å². The van der Waals surface area contributed by atoms with Gasteiger partial charge in [-0.2, -0.15) is 0 Å². The van der Waals surface area contributed by atoms with E-state index in [2.05, 4.69) is 5.10 Å². The number of halogens is 1. The Hall–Kier alpha value is -2.08. The Kier molecular flexibility index (Phi) is 2.49. The van der Waals surface area contributed by atoms with Crippen molar-refractivity contribution in [2.24, 2.45) is 5.73 Å². The number of aromatic hydroxyl groups is 1. The molecule has 4 N–H and O–H groups in total. The van der Waals surface area contributed by atoms with Crippen LogP contribution in [0.3, 0.4) is 0 Å². The van der Waals surface area contributed by atoms with Crippen LogP contribution >= 0.6 is 0 Å². The third-order valence-corrected chi connectivity index (χ3v) is 2.27. The smallest absolute Gasteiger partial charge is 0.272 e. The van der Waals surface area contributed by atoms with E-state index in [9.17, 15) is 14.3 Å². The van der Waals surface area contributed by atoms with Crippen LogP contribution in [0, 0.1) is 5.82 Å². The summed E-state index contributed by atoms with van der Waals surface area (Å²) in [5.74, 6) is -0.912. The molecular weight excluding hydrogens is 213 g/mol. The topological polar surface area (TPSA) is 84.0 Å². The number of aromatic amines is 1. The maximum Gasteiger partial charge on any atom is 0.272 e. The molecule has 0 bridgehead atoms. The second-order valence-corrected chi connectivity index (χ2v) is 3.23. The quantitative estimate of drug-likeness (QED) is 0.691. The summed E-state index contributed by atoms with van der Waals surface area (Å²) >= 11 is 0. The van der Waals surface area contributed by atoms with Crippen LogP contribution in [0.5, 0.6) is 5.88 Å². The molecule has 1 aromatic heterocycles. The van der Waals surface area contributed by atoms with Gasteiger partial charge in [-0.15, -0.1) is 0 Å². The zero-order valence-corrected chi connectivity index (χ0v) is 8.27. The number of aromatic nitrogens is 2. The number of nitrogens with two attached hydrogens (primary N) is 1. The Morgan fingerprint density at radius 3 is 2.69 bits per heavy atom. The molecule has 1 heterocycles. The van der Waals surface area contributed by atoms with Crippen molar-refractivity contribution < 1.29 is 9.50 Å². The van der Waals surface area contributed by atoms with E-state index in [1.54, 1.807) is 6.07 Å². The lowest BCUT2D eigenvalue weighted by Crippen LogP contribution is -2.10. The molecule has 0 atom stereocenters. The first-order valence-electron chi connectivity index (χ1n) is 4.63. The lowest BCUT2D eigenvalue weighted by atomic mass is 10.3. The fraction of sp³-hybridized carbons (Fsp3) is 0.100. The maximum atomic E-state index is 13.4. The number of hydrogen-bond donors (Lipinski definition) is 3. The lowest BCUT2D eigenvalue weighted by Gasteiger charge is -2.05. The van der Waals surface area contributed by atoms with Crippen molar-refractivity contribution in [2.45, 2.75) is 6.54 Å². The molecule has 84 valence electrons. The summed E-state index contributed by atoms with van der Waals surface area (Å²) in [5, 5.41) is 12.0. The third kappa shape index (κ3) is 1.49. The summed E-state index contributed by atoms with van der Waals surface area (Å²) in [7, 11) is 0.